The fourth-order valence-corrected chi connectivity index (χ4v) is 3.33. The SMILES string of the molecule is O=C(NCC1=CCNCC1)C1(c2ccc(F)cc2)CCOCC1. The third-order valence-corrected chi connectivity index (χ3v) is 4.81. The Morgan fingerprint density at radius 2 is 2.00 bits per heavy atom. The first-order chi connectivity index (χ1) is 11.2. The van der Waals surface area contributed by atoms with Gasteiger partial charge in [-0.05, 0) is 43.5 Å². The van der Waals surface area contributed by atoms with E-state index < -0.39 is 5.41 Å². The van der Waals surface area contributed by atoms with Crippen LogP contribution in [0, 0.1) is 5.82 Å². The van der Waals surface area contributed by atoms with Crippen molar-refractivity contribution in [1.82, 2.24) is 10.6 Å². The van der Waals surface area contributed by atoms with Crippen molar-refractivity contribution in [3.05, 3.63) is 47.3 Å². The molecule has 0 spiro atoms. The van der Waals surface area contributed by atoms with Gasteiger partial charge in [0.1, 0.15) is 5.82 Å². The topological polar surface area (TPSA) is 50.4 Å². The zero-order valence-electron chi connectivity index (χ0n) is 13.2. The summed E-state index contributed by atoms with van der Waals surface area (Å²) >= 11 is 0. The third-order valence-electron chi connectivity index (χ3n) is 4.81. The van der Waals surface area contributed by atoms with Crippen molar-refractivity contribution in [3.8, 4) is 0 Å². The van der Waals surface area contributed by atoms with Crippen LogP contribution in [-0.2, 0) is 14.9 Å². The minimum Gasteiger partial charge on any atom is -0.381 e. The van der Waals surface area contributed by atoms with E-state index in [2.05, 4.69) is 16.7 Å². The standard InChI is InChI=1S/C18H23FN2O2/c19-16-3-1-15(2-4-16)18(7-11-23-12-8-18)17(22)21-13-14-5-9-20-10-6-14/h1-5,20H,6-13H2,(H,21,22). The Morgan fingerprint density at radius 3 is 2.65 bits per heavy atom. The summed E-state index contributed by atoms with van der Waals surface area (Å²) in [5.74, 6) is -0.261. The van der Waals surface area contributed by atoms with Gasteiger partial charge in [0, 0.05) is 26.3 Å². The van der Waals surface area contributed by atoms with E-state index in [1.807, 2.05) is 0 Å². The molecule has 23 heavy (non-hydrogen) atoms. The van der Waals surface area contributed by atoms with Crippen LogP contribution in [0.25, 0.3) is 0 Å². The lowest BCUT2D eigenvalue weighted by molar-refractivity contribution is -0.130. The minimum absolute atomic E-state index is 0.0202. The highest BCUT2D eigenvalue weighted by Crippen LogP contribution is 2.35. The van der Waals surface area contributed by atoms with Gasteiger partial charge in [0.2, 0.25) is 5.91 Å². The molecule has 2 aliphatic heterocycles. The highest BCUT2D eigenvalue weighted by molar-refractivity contribution is 5.88. The Bertz CT molecular complexity index is 577. The number of nitrogens with one attached hydrogen (secondary N) is 2. The molecular weight excluding hydrogens is 295 g/mol. The van der Waals surface area contributed by atoms with Gasteiger partial charge in [-0.3, -0.25) is 4.79 Å². The van der Waals surface area contributed by atoms with Crippen LogP contribution in [0.15, 0.2) is 35.9 Å². The Labute approximate surface area is 136 Å². The number of halogens is 1. The molecule has 0 radical (unpaired) electrons. The van der Waals surface area contributed by atoms with Gasteiger partial charge >= 0.3 is 0 Å². The van der Waals surface area contributed by atoms with Crippen molar-refractivity contribution in [2.45, 2.75) is 24.7 Å². The molecule has 3 rings (SSSR count). The van der Waals surface area contributed by atoms with E-state index in [1.165, 1.54) is 17.7 Å². The predicted octanol–water partition coefficient (Wildman–Crippen LogP) is 1.91. The quantitative estimate of drug-likeness (QED) is 0.834. The van der Waals surface area contributed by atoms with Crippen LogP contribution in [0.1, 0.15) is 24.8 Å². The summed E-state index contributed by atoms with van der Waals surface area (Å²) < 4.78 is 18.7. The van der Waals surface area contributed by atoms with Crippen LogP contribution in [0.5, 0.6) is 0 Å². The van der Waals surface area contributed by atoms with Gasteiger partial charge in [-0.1, -0.05) is 23.8 Å². The molecule has 0 atom stereocenters. The summed E-state index contributed by atoms with van der Waals surface area (Å²) in [6.45, 7) is 3.51. The normalized spacial score (nSPS) is 20.7. The Kier molecular flexibility index (Phi) is 5.08. The van der Waals surface area contributed by atoms with Gasteiger partial charge in [-0.15, -0.1) is 0 Å². The van der Waals surface area contributed by atoms with Gasteiger partial charge < -0.3 is 15.4 Å². The lowest BCUT2D eigenvalue weighted by atomic mass is 9.73. The van der Waals surface area contributed by atoms with Gasteiger partial charge in [-0.25, -0.2) is 4.39 Å². The molecule has 1 saturated heterocycles. The molecule has 0 saturated carbocycles. The highest BCUT2D eigenvalue weighted by Gasteiger charge is 2.41. The molecule has 1 fully saturated rings. The van der Waals surface area contributed by atoms with E-state index in [0.717, 1.165) is 25.1 Å². The average molecular weight is 318 g/mol. The van der Waals surface area contributed by atoms with Gasteiger partial charge in [-0.2, -0.15) is 0 Å². The van der Waals surface area contributed by atoms with Crippen LogP contribution in [0.4, 0.5) is 4.39 Å². The number of amides is 1. The van der Waals surface area contributed by atoms with E-state index in [4.69, 9.17) is 4.74 Å². The van der Waals surface area contributed by atoms with E-state index in [9.17, 15) is 9.18 Å². The summed E-state index contributed by atoms with van der Waals surface area (Å²) in [5.41, 5.74) is 1.52. The molecule has 1 amide bonds. The molecule has 1 aromatic rings. The number of hydrogen-bond acceptors (Lipinski definition) is 3. The second kappa shape index (κ2) is 7.23. The van der Waals surface area contributed by atoms with Crippen LogP contribution in [0.3, 0.4) is 0 Å². The van der Waals surface area contributed by atoms with Crippen LogP contribution < -0.4 is 10.6 Å². The molecule has 0 bridgehead atoms. The molecule has 2 heterocycles. The van der Waals surface area contributed by atoms with Crippen molar-refractivity contribution in [2.75, 3.05) is 32.8 Å². The summed E-state index contributed by atoms with van der Waals surface area (Å²) in [7, 11) is 0. The lowest BCUT2D eigenvalue weighted by Crippen LogP contribution is -2.48. The number of benzene rings is 1. The third kappa shape index (κ3) is 3.62. The minimum atomic E-state index is -0.612. The molecule has 0 aliphatic carbocycles. The van der Waals surface area contributed by atoms with Crippen LogP contribution in [0.2, 0.25) is 0 Å². The van der Waals surface area contributed by atoms with Crippen molar-refractivity contribution in [1.29, 1.82) is 0 Å². The predicted molar refractivity (Wildman–Crippen MR) is 86.7 cm³/mol. The van der Waals surface area contributed by atoms with E-state index in [-0.39, 0.29) is 11.7 Å². The first-order valence-corrected chi connectivity index (χ1v) is 8.21. The molecule has 0 unspecified atom stereocenters. The van der Waals surface area contributed by atoms with E-state index in [0.29, 0.717) is 32.6 Å². The van der Waals surface area contributed by atoms with Crippen molar-refractivity contribution >= 4 is 5.91 Å². The summed E-state index contributed by atoms with van der Waals surface area (Å²) in [6.07, 6.45) is 4.36. The number of carbonyl (C=O) groups excluding carboxylic acids is 1. The molecule has 124 valence electrons. The first kappa shape index (κ1) is 16.1. The second-order valence-corrected chi connectivity index (χ2v) is 6.20. The molecule has 1 aromatic carbocycles. The molecule has 5 heteroatoms. The monoisotopic (exact) mass is 318 g/mol. The lowest BCUT2D eigenvalue weighted by Gasteiger charge is -2.36. The Hall–Kier alpha value is -1.72. The van der Waals surface area contributed by atoms with Crippen LogP contribution in [-0.4, -0.2) is 38.8 Å². The van der Waals surface area contributed by atoms with Crippen LogP contribution >= 0.6 is 0 Å². The Balaban J connectivity index is 1.76. The van der Waals surface area contributed by atoms with E-state index in [1.54, 1.807) is 12.1 Å². The van der Waals surface area contributed by atoms with E-state index >= 15 is 0 Å². The summed E-state index contributed by atoms with van der Waals surface area (Å²) in [4.78, 5) is 12.9. The molecule has 2 N–H and O–H groups in total. The molecule has 0 aromatic heterocycles. The van der Waals surface area contributed by atoms with Gasteiger partial charge in [0.25, 0.3) is 0 Å². The Morgan fingerprint density at radius 1 is 1.26 bits per heavy atom. The zero-order valence-corrected chi connectivity index (χ0v) is 13.2. The fraction of sp³-hybridized carbons (Fsp3) is 0.500. The van der Waals surface area contributed by atoms with Crippen molar-refractivity contribution in [2.24, 2.45) is 0 Å². The smallest absolute Gasteiger partial charge is 0.231 e. The largest absolute Gasteiger partial charge is 0.381 e. The summed E-state index contributed by atoms with van der Waals surface area (Å²) in [6, 6.07) is 6.30. The number of hydrogen-bond donors (Lipinski definition) is 2. The molecule has 4 nitrogen and oxygen atoms in total. The fourth-order valence-electron chi connectivity index (χ4n) is 3.33. The van der Waals surface area contributed by atoms with Gasteiger partial charge in [0.15, 0.2) is 0 Å². The zero-order chi connectivity index (χ0) is 16.1. The van der Waals surface area contributed by atoms with Crippen molar-refractivity contribution in [3.63, 3.8) is 0 Å². The maximum atomic E-state index is 13.2. The first-order valence-electron chi connectivity index (χ1n) is 8.21. The van der Waals surface area contributed by atoms with Gasteiger partial charge in [0.05, 0.1) is 5.41 Å². The number of rotatable bonds is 4. The maximum absolute atomic E-state index is 13.2. The maximum Gasteiger partial charge on any atom is 0.231 e. The second-order valence-electron chi connectivity index (χ2n) is 6.20. The molecular formula is C18H23FN2O2. The average Bonchev–Trinajstić information content (AvgIpc) is 2.61. The summed E-state index contributed by atoms with van der Waals surface area (Å²) in [5, 5.41) is 6.35. The molecule has 2 aliphatic rings. The number of ether oxygens (including phenoxy) is 1. The number of carbonyl (C=O) groups is 1. The van der Waals surface area contributed by atoms with Crippen molar-refractivity contribution < 1.29 is 13.9 Å². The highest BCUT2D eigenvalue weighted by atomic mass is 19.1.